The highest BCUT2D eigenvalue weighted by Crippen LogP contribution is 1.68. The fourth-order valence-corrected chi connectivity index (χ4v) is 0.513. The second-order valence-corrected chi connectivity index (χ2v) is 1.42. The van der Waals surface area contributed by atoms with Gasteiger partial charge in [-0.1, -0.05) is 0 Å². The van der Waals surface area contributed by atoms with Crippen molar-refractivity contribution in [3.8, 4) is 0 Å². The molecule has 0 unspecified atom stereocenters. The van der Waals surface area contributed by atoms with Crippen molar-refractivity contribution >= 4 is 0 Å². The first kappa shape index (κ1) is 3.84. The van der Waals surface area contributed by atoms with E-state index in [0.717, 1.165) is 0 Å². The molecule has 2 heteroatoms. The lowest BCUT2D eigenvalue weighted by molar-refractivity contribution is -0.829. The number of hydrogen-bond acceptors (Lipinski definition) is 1. The van der Waals surface area contributed by atoms with Gasteiger partial charge in [-0.2, -0.15) is 0 Å². The molecule has 0 amide bonds. The number of nitrogens with one attached hydrogen (secondary N) is 1. The zero-order valence-corrected chi connectivity index (χ0v) is 3.48. The van der Waals surface area contributed by atoms with Gasteiger partial charge in [-0.25, -0.2) is 0 Å². The molecule has 1 aliphatic rings. The minimum Gasteiger partial charge on any atom is -0.634 e. The van der Waals surface area contributed by atoms with Gasteiger partial charge in [-0.15, -0.1) is 0 Å². The van der Waals surface area contributed by atoms with Crippen LogP contribution in [0.4, 0.5) is 0 Å². The van der Waals surface area contributed by atoms with Gasteiger partial charge in [0.05, 0.1) is 13.1 Å². The van der Waals surface area contributed by atoms with Crippen LogP contribution in [0.2, 0.25) is 0 Å². The van der Waals surface area contributed by atoms with Crippen molar-refractivity contribution < 1.29 is 5.06 Å². The van der Waals surface area contributed by atoms with Crippen LogP contribution in [0.25, 0.3) is 0 Å². The van der Waals surface area contributed by atoms with Gasteiger partial charge in [-0.05, 0) is 12.2 Å². The van der Waals surface area contributed by atoms with E-state index in [1.165, 1.54) is 0 Å². The number of rotatable bonds is 0. The van der Waals surface area contributed by atoms with Crippen molar-refractivity contribution in [2.75, 3.05) is 13.1 Å². The van der Waals surface area contributed by atoms with Gasteiger partial charge >= 0.3 is 0 Å². The van der Waals surface area contributed by atoms with Crippen molar-refractivity contribution in [2.24, 2.45) is 0 Å². The Balaban J connectivity index is 2.32. The molecular weight excluding hydrogens is 78.0 g/mol. The van der Waals surface area contributed by atoms with E-state index in [2.05, 4.69) is 0 Å². The zero-order chi connectivity index (χ0) is 4.41. The lowest BCUT2D eigenvalue weighted by atomic mass is 10.6. The molecule has 6 heavy (non-hydrogen) atoms. The molecule has 34 valence electrons. The van der Waals surface area contributed by atoms with Crippen LogP contribution in [0.5, 0.6) is 0 Å². The maximum Gasteiger partial charge on any atom is 0.0959 e. The summed E-state index contributed by atoms with van der Waals surface area (Å²) in [6.45, 7) is 1.33. The summed E-state index contributed by atoms with van der Waals surface area (Å²) in [4.78, 5) is 0. The van der Waals surface area contributed by atoms with Crippen molar-refractivity contribution in [2.45, 2.75) is 0 Å². The summed E-state index contributed by atoms with van der Waals surface area (Å²) in [5.41, 5.74) is 0. The van der Waals surface area contributed by atoms with Gasteiger partial charge in [0.1, 0.15) is 0 Å². The van der Waals surface area contributed by atoms with Gasteiger partial charge in [0, 0.05) is 0 Å². The Labute approximate surface area is 36.6 Å². The third-order valence-electron chi connectivity index (χ3n) is 0.858. The third-order valence-corrected chi connectivity index (χ3v) is 0.858. The van der Waals surface area contributed by atoms with Crippen molar-refractivity contribution in [3.63, 3.8) is 0 Å². The molecule has 0 aromatic heterocycles. The second-order valence-electron chi connectivity index (χ2n) is 1.42. The first-order valence-electron chi connectivity index (χ1n) is 2.06. The molecule has 1 aliphatic heterocycles. The summed E-state index contributed by atoms with van der Waals surface area (Å²) in [5.74, 6) is 0. The van der Waals surface area contributed by atoms with E-state index in [4.69, 9.17) is 0 Å². The molecule has 0 aliphatic carbocycles. The van der Waals surface area contributed by atoms with Crippen LogP contribution in [0.1, 0.15) is 0 Å². The molecule has 1 heterocycles. The summed E-state index contributed by atoms with van der Waals surface area (Å²) in [6, 6.07) is 0. The zero-order valence-electron chi connectivity index (χ0n) is 3.48. The quantitative estimate of drug-likeness (QED) is 0.294. The average molecular weight is 85.1 g/mol. The van der Waals surface area contributed by atoms with Crippen LogP contribution in [0.3, 0.4) is 0 Å². The topological polar surface area (TPSA) is 27.5 Å². The summed E-state index contributed by atoms with van der Waals surface area (Å²) in [5, 5.41) is 10.5. The van der Waals surface area contributed by atoms with E-state index in [1.807, 2.05) is 12.2 Å². The Morgan fingerprint density at radius 1 is 1.33 bits per heavy atom. The maximum absolute atomic E-state index is 10.2. The summed E-state index contributed by atoms with van der Waals surface area (Å²) < 4.78 is 0. The third kappa shape index (κ3) is 0.584. The standard InChI is InChI=1S/C4H7NO/c6-5-3-1-2-4-5/h1-2,5H,3-4H2. The summed E-state index contributed by atoms with van der Waals surface area (Å²) in [6.07, 6.45) is 3.81. The first-order chi connectivity index (χ1) is 2.89. The predicted octanol–water partition coefficient (Wildman–Crippen LogP) is -1.06. The first-order valence-corrected chi connectivity index (χ1v) is 2.06. The van der Waals surface area contributed by atoms with Crippen molar-refractivity contribution in [3.05, 3.63) is 17.4 Å². The molecule has 2 nitrogen and oxygen atoms in total. The van der Waals surface area contributed by atoms with E-state index in [-0.39, 0.29) is 0 Å². The molecule has 0 radical (unpaired) electrons. The Morgan fingerprint density at radius 3 is 2.00 bits per heavy atom. The number of hydrogen-bond donors (Lipinski definition) is 1. The predicted molar refractivity (Wildman–Crippen MR) is 23.2 cm³/mol. The lowest BCUT2D eigenvalue weighted by Crippen LogP contribution is -3.05. The molecule has 0 aromatic rings. The minimum absolute atomic E-state index is 0.343. The average Bonchev–Trinajstić information content (AvgIpc) is 1.86. The van der Waals surface area contributed by atoms with Crippen LogP contribution >= 0.6 is 0 Å². The molecule has 0 fully saturated rings. The van der Waals surface area contributed by atoms with Crippen LogP contribution < -0.4 is 5.06 Å². The Hall–Kier alpha value is -0.340. The number of quaternary nitrogens is 1. The molecule has 1 rings (SSSR count). The van der Waals surface area contributed by atoms with E-state index in [9.17, 15) is 5.21 Å². The molecular formula is C4H7NO. The molecule has 0 atom stereocenters. The van der Waals surface area contributed by atoms with Crippen LogP contribution in [0.15, 0.2) is 12.2 Å². The maximum atomic E-state index is 10.2. The summed E-state index contributed by atoms with van der Waals surface area (Å²) in [7, 11) is 0. The fraction of sp³-hybridized carbons (Fsp3) is 0.500. The Morgan fingerprint density at radius 2 is 1.83 bits per heavy atom. The van der Waals surface area contributed by atoms with Gasteiger partial charge in [0.25, 0.3) is 0 Å². The SMILES string of the molecule is [O-][NH+]1CC=CC1. The van der Waals surface area contributed by atoms with E-state index in [1.54, 1.807) is 0 Å². The lowest BCUT2D eigenvalue weighted by Gasteiger charge is -2.12. The smallest absolute Gasteiger partial charge is 0.0959 e. The highest BCUT2D eigenvalue weighted by Gasteiger charge is 1.94. The largest absolute Gasteiger partial charge is 0.634 e. The number of hydroxylamine groups is 2. The molecule has 0 aromatic carbocycles. The highest BCUT2D eigenvalue weighted by molar-refractivity contribution is 4.84. The van der Waals surface area contributed by atoms with E-state index >= 15 is 0 Å². The van der Waals surface area contributed by atoms with Crippen LogP contribution in [-0.2, 0) is 0 Å². The molecule has 0 saturated heterocycles. The van der Waals surface area contributed by atoms with Crippen molar-refractivity contribution in [1.29, 1.82) is 0 Å². The second kappa shape index (κ2) is 1.41. The molecule has 1 N–H and O–H groups in total. The minimum atomic E-state index is 0.343. The molecule has 0 saturated carbocycles. The Bertz CT molecular complexity index is 61.9. The normalized spacial score (nSPS) is 22.8. The van der Waals surface area contributed by atoms with Gasteiger partial charge in [0.2, 0.25) is 0 Å². The summed E-state index contributed by atoms with van der Waals surface area (Å²) >= 11 is 0. The van der Waals surface area contributed by atoms with E-state index < -0.39 is 0 Å². The Kier molecular flexibility index (Phi) is 0.900. The fourth-order valence-electron chi connectivity index (χ4n) is 0.513. The van der Waals surface area contributed by atoms with Crippen LogP contribution in [-0.4, -0.2) is 13.1 Å². The van der Waals surface area contributed by atoms with Crippen molar-refractivity contribution in [1.82, 2.24) is 0 Å². The molecule has 0 bridgehead atoms. The van der Waals surface area contributed by atoms with E-state index in [0.29, 0.717) is 18.2 Å². The highest BCUT2D eigenvalue weighted by atomic mass is 16.5. The monoisotopic (exact) mass is 85.1 g/mol. The molecule has 0 spiro atoms. The van der Waals surface area contributed by atoms with Crippen LogP contribution in [0, 0.1) is 5.21 Å². The van der Waals surface area contributed by atoms with Gasteiger partial charge < -0.3 is 10.3 Å². The van der Waals surface area contributed by atoms with Gasteiger partial charge in [-0.3, -0.25) is 0 Å². The van der Waals surface area contributed by atoms with Gasteiger partial charge in [0.15, 0.2) is 0 Å².